The molecule has 1 aromatic carbocycles. The van der Waals surface area contributed by atoms with Crippen molar-refractivity contribution in [3.05, 3.63) is 35.9 Å². The Morgan fingerprint density at radius 3 is 2.38 bits per heavy atom. The predicted octanol–water partition coefficient (Wildman–Crippen LogP) is 1.27. The summed E-state index contributed by atoms with van der Waals surface area (Å²) in [5.74, 6) is 0. The molecular formula is C11H18BN. The minimum absolute atomic E-state index is 0.260. The molecule has 0 heterocycles. The predicted molar refractivity (Wildman–Crippen MR) is 60.6 cm³/mol. The molecule has 0 saturated heterocycles. The van der Waals surface area contributed by atoms with Crippen LogP contribution in [0.1, 0.15) is 25.3 Å². The van der Waals surface area contributed by atoms with E-state index in [1.165, 1.54) is 5.56 Å². The van der Waals surface area contributed by atoms with Gasteiger partial charge in [0, 0.05) is 0 Å². The van der Waals surface area contributed by atoms with Crippen molar-refractivity contribution in [2.75, 3.05) is 6.54 Å². The second-order valence-electron chi connectivity index (χ2n) is 3.82. The van der Waals surface area contributed by atoms with E-state index < -0.39 is 0 Å². The SMILES string of the molecule is BC(CC)(CCN)c1ccccc1. The van der Waals surface area contributed by atoms with Gasteiger partial charge in [0.1, 0.15) is 7.85 Å². The van der Waals surface area contributed by atoms with Gasteiger partial charge in [0.2, 0.25) is 0 Å². The molecular weight excluding hydrogens is 157 g/mol. The Morgan fingerprint density at radius 1 is 1.31 bits per heavy atom. The van der Waals surface area contributed by atoms with Crippen molar-refractivity contribution in [3.8, 4) is 0 Å². The number of hydrogen-bond donors (Lipinski definition) is 1. The third kappa shape index (κ3) is 2.34. The van der Waals surface area contributed by atoms with Gasteiger partial charge < -0.3 is 5.73 Å². The molecule has 0 aliphatic rings. The van der Waals surface area contributed by atoms with Gasteiger partial charge in [0.25, 0.3) is 0 Å². The van der Waals surface area contributed by atoms with Crippen LogP contribution in [0.4, 0.5) is 0 Å². The van der Waals surface area contributed by atoms with Crippen LogP contribution in [0.15, 0.2) is 30.3 Å². The molecule has 13 heavy (non-hydrogen) atoms. The Hall–Kier alpha value is -0.755. The van der Waals surface area contributed by atoms with Crippen molar-refractivity contribution in [3.63, 3.8) is 0 Å². The lowest BCUT2D eigenvalue weighted by atomic mass is 9.60. The molecule has 2 N–H and O–H groups in total. The average molecular weight is 175 g/mol. The molecule has 0 fully saturated rings. The molecule has 2 heteroatoms. The summed E-state index contributed by atoms with van der Waals surface area (Å²) in [6, 6.07) is 10.6. The van der Waals surface area contributed by atoms with Crippen molar-refractivity contribution >= 4 is 7.85 Å². The van der Waals surface area contributed by atoms with E-state index in [-0.39, 0.29) is 5.31 Å². The Morgan fingerprint density at radius 2 is 1.92 bits per heavy atom. The van der Waals surface area contributed by atoms with E-state index >= 15 is 0 Å². The van der Waals surface area contributed by atoms with Crippen LogP contribution in [-0.4, -0.2) is 14.4 Å². The molecule has 0 aliphatic heterocycles. The van der Waals surface area contributed by atoms with Crippen LogP contribution in [0.5, 0.6) is 0 Å². The van der Waals surface area contributed by atoms with Crippen molar-refractivity contribution in [1.29, 1.82) is 0 Å². The summed E-state index contributed by atoms with van der Waals surface area (Å²) in [6.07, 6.45) is 2.21. The maximum Gasteiger partial charge on any atom is 0.115 e. The summed E-state index contributed by atoms with van der Waals surface area (Å²) in [5, 5.41) is 0.260. The van der Waals surface area contributed by atoms with Gasteiger partial charge in [-0.1, -0.05) is 43.7 Å². The highest BCUT2D eigenvalue weighted by Crippen LogP contribution is 2.26. The lowest BCUT2D eigenvalue weighted by Gasteiger charge is -2.28. The first-order valence-electron chi connectivity index (χ1n) is 4.98. The fourth-order valence-electron chi connectivity index (χ4n) is 1.68. The number of rotatable bonds is 4. The molecule has 0 bridgehead atoms. The molecule has 1 unspecified atom stereocenters. The topological polar surface area (TPSA) is 26.0 Å². The van der Waals surface area contributed by atoms with E-state index in [9.17, 15) is 0 Å². The van der Waals surface area contributed by atoms with Gasteiger partial charge in [-0.3, -0.25) is 0 Å². The van der Waals surface area contributed by atoms with Crippen LogP contribution in [-0.2, 0) is 5.31 Å². The lowest BCUT2D eigenvalue weighted by molar-refractivity contribution is 0.543. The second kappa shape index (κ2) is 4.47. The van der Waals surface area contributed by atoms with Crippen LogP contribution < -0.4 is 5.73 Å². The fraction of sp³-hybridized carbons (Fsp3) is 0.455. The molecule has 1 aromatic rings. The smallest absolute Gasteiger partial charge is 0.115 e. The monoisotopic (exact) mass is 175 g/mol. The molecule has 0 spiro atoms. The van der Waals surface area contributed by atoms with Crippen LogP contribution >= 0.6 is 0 Å². The van der Waals surface area contributed by atoms with Crippen molar-refractivity contribution in [1.82, 2.24) is 0 Å². The molecule has 0 radical (unpaired) electrons. The molecule has 1 atom stereocenters. The van der Waals surface area contributed by atoms with Gasteiger partial charge in [-0.25, -0.2) is 0 Å². The normalized spacial score (nSPS) is 15.2. The Labute approximate surface area is 81.7 Å². The van der Waals surface area contributed by atoms with E-state index in [0.717, 1.165) is 19.4 Å². The number of nitrogens with two attached hydrogens (primary N) is 1. The fourth-order valence-corrected chi connectivity index (χ4v) is 1.68. The van der Waals surface area contributed by atoms with Gasteiger partial charge in [0.15, 0.2) is 0 Å². The molecule has 1 nitrogen and oxygen atoms in total. The molecule has 0 amide bonds. The molecule has 0 aliphatic carbocycles. The zero-order chi connectivity index (χ0) is 9.73. The maximum atomic E-state index is 5.63. The maximum absolute atomic E-state index is 5.63. The van der Waals surface area contributed by atoms with Crippen LogP contribution in [0.2, 0.25) is 0 Å². The van der Waals surface area contributed by atoms with Crippen molar-refractivity contribution < 1.29 is 0 Å². The first kappa shape index (κ1) is 10.3. The molecule has 0 aromatic heterocycles. The van der Waals surface area contributed by atoms with Crippen molar-refractivity contribution in [2.24, 2.45) is 5.73 Å². The standard InChI is InChI=1S/C11H18BN/c1-2-11(12,8-9-13)10-6-4-3-5-7-10/h3-7H,2,8-9,12-13H2,1H3. The van der Waals surface area contributed by atoms with Gasteiger partial charge in [-0.15, -0.1) is 0 Å². The average Bonchev–Trinajstić information content (AvgIpc) is 2.19. The van der Waals surface area contributed by atoms with Crippen LogP contribution in [0.25, 0.3) is 0 Å². The molecule has 70 valence electrons. The van der Waals surface area contributed by atoms with E-state index in [1.807, 2.05) is 0 Å². The highest BCUT2D eigenvalue weighted by Gasteiger charge is 2.22. The molecule has 1 rings (SSSR count). The first-order chi connectivity index (χ1) is 6.23. The summed E-state index contributed by atoms with van der Waals surface area (Å²) >= 11 is 0. The third-order valence-corrected chi connectivity index (χ3v) is 2.95. The Kier molecular flexibility index (Phi) is 3.55. The van der Waals surface area contributed by atoms with E-state index in [1.54, 1.807) is 0 Å². The summed E-state index contributed by atoms with van der Waals surface area (Å²) in [7, 11) is 2.29. The zero-order valence-corrected chi connectivity index (χ0v) is 8.59. The van der Waals surface area contributed by atoms with E-state index in [0.29, 0.717) is 0 Å². The third-order valence-electron chi connectivity index (χ3n) is 2.95. The minimum Gasteiger partial charge on any atom is -0.330 e. The zero-order valence-electron chi connectivity index (χ0n) is 8.59. The minimum atomic E-state index is 0.260. The van der Waals surface area contributed by atoms with E-state index in [4.69, 9.17) is 5.73 Å². The highest BCUT2D eigenvalue weighted by molar-refractivity contribution is 6.15. The van der Waals surface area contributed by atoms with E-state index in [2.05, 4.69) is 45.1 Å². The van der Waals surface area contributed by atoms with Gasteiger partial charge in [0.05, 0.1) is 0 Å². The van der Waals surface area contributed by atoms with Crippen molar-refractivity contribution in [2.45, 2.75) is 25.1 Å². The van der Waals surface area contributed by atoms with Gasteiger partial charge >= 0.3 is 0 Å². The summed E-state index contributed by atoms with van der Waals surface area (Å²) in [4.78, 5) is 0. The summed E-state index contributed by atoms with van der Waals surface area (Å²) < 4.78 is 0. The van der Waals surface area contributed by atoms with Gasteiger partial charge in [-0.2, -0.15) is 0 Å². The van der Waals surface area contributed by atoms with Gasteiger partial charge in [-0.05, 0) is 23.8 Å². The molecule has 0 saturated carbocycles. The highest BCUT2D eigenvalue weighted by atomic mass is 14.5. The lowest BCUT2D eigenvalue weighted by Crippen LogP contribution is -2.28. The number of hydrogen-bond acceptors (Lipinski definition) is 1. The van der Waals surface area contributed by atoms with Crippen LogP contribution in [0.3, 0.4) is 0 Å². The second-order valence-corrected chi connectivity index (χ2v) is 3.82. The Bertz CT molecular complexity index is 248. The van der Waals surface area contributed by atoms with Crippen LogP contribution in [0, 0.1) is 0 Å². The summed E-state index contributed by atoms with van der Waals surface area (Å²) in [5.41, 5.74) is 7.03. The summed E-state index contributed by atoms with van der Waals surface area (Å²) in [6.45, 7) is 2.99. The number of benzene rings is 1. The largest absolute Gasteiger partial charge is 0.330 e. The quantitative estimate of drug-likeness (QED) is 0.685. The first-order valence-corrected chi connectivity index (χ1v) is 4.98. The Balaban J connectivity index is 2.89.